The molecule has 2 aromatic rings. The highest BCUT2D eigenvalue weighted by molar-refractivity contribution is 5.48. The summed E-state index contributed by atoms with van der Waals surface area (Å²) in [5, 5.41) is 8.55. The van der Waals surface area contributed by atoms with Gasteiger partial charge in [-0.3, -0.25) is 0 Å². The van der Waals surface area contributed by atoms with Crippen molar-refractivity contribution in [1.82, 2.24) is 4.57 Å². The normalized spacial score (nSPS) is 10.4. The zero-order valence-electron chi connectivity index (χ0n) is 11.8. The lowest BCUT2D eigenvalue weighted by Crippen LogP contribution is -2.31. The Labute approximate surface area is 114 Å². The van der Waals surface area contributed by atoms with Gasteiger partial charge in [-0.25, -0.2) is 0 Å². The molecule has 1 aromatic carbocycles. The molecule has 0 bridgehead atoms. The molecule has 0 saturated carbocycles. The summed E-state index contributed by atoms with van der Waals surface area (Å²) in [5.74, 6) is 0. The summed E-state index contributed by atoms with van der Waals surface area (Å²) in [6.45, 7) is 7.21. The number of unbranched alkanes of at least 4 members (excludes halogenated alkanes) is 1. The lowest BCUT2D eigenvalue weighted by molar-refractivity contribution is -0.700. The van der Waals surface area contributed by atoms with Gasteiger partial charge in [0.25, 0.3) is 0 Å². The van der Waals surface area contributed by atoms with Gasteiger partial charge in [0.2, 0.25) is 6.33 Å². The number of hydrogen-bond donors (Lipinski definition) is 0. The molecule has 0 atom stereocenters. The van der Waals surface area contributed by atoms with Crippen molar-refractivity contribution in [2.24, 2.45) is 0 Å². The molecule has 0 aliphatic rings. The highest BCUT2D eigenvalue weighted by Gasteiger charge is 2.06. The van der Waals surface area contributed by atoms with Crippen LogP contribution in [-0.2, 0) is 6.54 Å². The molecule has 98 valence electrons. The van der Waals surface area contributed by atoms with E-state index < -0.39 is 0 Å². The quantitative estimate of drug-likeness (QED) is 0.468. The average Bonchev–Trinajstić information content (AvgIpc) is 2.76. The molecule has 19 heavy (non-hydrogen) atoms. The van der Waals surface area contributed by atoms with Crippen LogP contribution in [0.15, 0.2) is 24.5 Å². The van der Waals surface area contributed by atoms with E-state index in [0.29, 0.717) is 6.42 Å². The first kappa shape index (κ1) is 13.4. The Hall–Kier alpha value is -2.08. The summed E-state index contributed by atoms with van der Waals surface area (Å²) in [6, 6.07) is 6.55. The number of imidazole rings is 1. The van der Waals surface area contributed by atoms with E-state index in [2.05, 4.69) is 45.3 Å². The number of nitrogens with zero attached hydrogens (tertiary/aromatic N) is 3. The first-order chi connectivity index (χ1) is 9.11. The van der Waals surface area contributed by atoms with Crippen molar-refractivity contribution in [1.29, 1.82) is 5.26 Å². The maximum absolute atomic E-state index is 8.55. The number of nitriles is 1. The Morgan fingerprint density at radius 3 is 2.58 bits per heavy atom. The first-order valence-corrected chi connectivity index (χ1v) is 6.57. The van der Waals surface area contributed by atoms with E-state index in [1.807, 2.05) is 21.5 Å². The van der Waals surface area contributed by atoms with Gasteiger partial charge in [-0.15, -0.1) is 0 Å². The highest BCUT2D eigenvalue weighted by atomic mass is 15.1. The molecule has 0 amide bonds. The zero-order chi connectivity index (χ0) is 13.8. The minimum atomic E-state index is 0.592. The van der Waals surface area contributed by atoms with E-state index in [4.69, 9.17) is 5.26 Å². The largest absolute Gasteiger partial charge is 0.326 e. The third-order valence-electron chi connectivity index (χ3n) is 3.20. The van der Waals surface area contributed by atoms with Gasteiger partial charge < -0.3 is 9.13 Å². The van der Waals surface area contributed by atoms with Gasteiger partial charge in [0, 0.05) is 18.8 Å². The molecule has 0 radical (unpaired) electrons. The second-order valence-corrected chi connectivity index (χ2v) is 4.97. The van der Waals surface area contributed by atoms with Crippen LogP contribution in [0.5, 0.6) is 0 Å². The molecular formula is C16H19N3. The Morgan fingerprint density at radius 2 is 1.95 bits per heavy atom. The molecule has 2 rings (SSSR count). The lowest BCUT2D eigenvalue weighted by Gasteiger charge is -2.12. The van der Waals surface area contributed by atoms with Gasteiger partial charge in [0.1, 0.15) is 0 Å². The van der Waals surface area contributed by atoms with Gasteiger partial charge in [0.05, 0.1) is 18.3 Å². The molecule has 0 aliphatic carbocycles. The molecular weight excluding hydrogens is 234 g/mol. The van der Waals surface area contributed by atoms with Crippen LogP contribution in [0.25, 0.3) is 5.69 Å². The predicted molar refractivity (Wildman–Crippen MR) is 73.9 cm³/mol. The van der Waals surface area contributed by atoms with Crippen molar-refractivity contribution < 1.29 is 4.57 Å². The number of aromatic nitrogens is 2. The van der Waals surface area contributed by atoms with E-state index in [0.717, 1.165) is 13.0 Å². The van der Waals surface area contributed by atoms with Crippen molar-refractivity contribution in [3.63, 3.8) is 0 Å². The SMILES string of the molecule is Cc1cc(C)c(-n2[c-][n+](CCCC#N)cc2)c(C)c1. The van der Waals surface area contributed by atoms with Crippen LogP contribution in [0.2, 0.25) is 0 Å². The molecule has 0 N–H and O–H groups in total. The topological polar surface area (TPSA) is 32.6 Å². The molecule has 0 saturated heterocycles. The van der Waals surface area contributed by atoms with Crippen LogP contribution in [-0.4, -0.2) is 4.57 Å². The van der Waals surface area contributed by atoms with Crippen LogP contribution in [0.4, 0.5) is 0 Å². The Morgan fingerprint density at radius 1 is 1.26 bits per heavy atom. The van der Waals surface area contributed by atoms with Crippen LogP contribution in [0.1, 0.15) is 29.5 Å². The molecule has 0 unspecified atom stereocenters. The standard InChI is InChI=1S/C16H19N3/c1-13-10-14(2)16(15(3)11-13)19-9-8-18(12-19)7-5-4-6-17/h8-11H,4-5,7H2,1-3H3. The fourth-order valence-corrected chi connectivity index (χ4v) is 2.48. The third-order valence-corrected chi connectivity index (χ3v) is 3.20. The summed E-state index contributed by atoms with van der Waals surface area (Å²) in [7, 11) is 0. The Kier molecular flexibility index (Phi) is 4.01. The molecule has 3 heteroatoms. The predicted octanol–water partition coefficient (Wildman–Crippen LogP) is 2.79. The maximum atomic E-state index is 8.55. The minimum absolute atomic E-state index is 0.592. The Bertz CT molecular complexity index is 594. The number of benzene rings is 1. The summed E-state index contributed by atoms with van der Waals surface area (Å²) >= 11 is 0. The molecule has 0 spiro atoms. The van der Waals surface area contributed by atoms with Crippen LogP contribution in [0, 0.1) is 38.4 Å². The summed E-state index contributed by atoms with van der Waals surface area (Å²) in [4.78, 5) is 0. The summed E-state index contributed by atoms with van der Waals surface area (Å²) < 4.78 is 4.05. The molecule has 0 fully saturated rings. The second-order valence-electron chi connectivity index (χ2n) is 4.97. The average molecular weight is 253 g/mol. The lowest BCUT2D eigenvalue weighted by atomic mass is 10.1. The van der Waals surface area contributed by atoms with Gasteiger partial charge in [-0.05, 0) is 38.3 Å². The number of rotatable bonds is 4. The van der Waals surface area contributed by atoms with E-state index in [-0.39, 0.29) is 0 Å². The van der Waals surface area contributed by atoms with Gasteiger partial charge in [-0.1, -0.05) is 17.7 Å². The fourth-order valence-electron chi connectivity index (χ4n) is 2.48. The fraction of sp³-hybridized carbons (Fsp3) is 0.375. The number of aryl methyl sites for hydroxylation is 4. The minimum Gasteiger partial charge on any atom is -0.326 e. The zero-order valence-corrected chi connectivity index (χ0v) is 11.8. The van der Waals surface area contributed by atoms with Crippen molar-refractivity contribution >= 4 is 0 Å². The van der Waals surface area contributed by atoms with Crippen molar-refractivity contribution in [2.75, 3.05) is 0 Å². The molecule has 1 aromatic heterocycles. The maximum Gasteiger partial charge on any atom is 0.243 e. The monoisotopic (exact) mass is 253 g/mol. The van der Waals surface area contributed by atoms with Crippen molar-refractivity contribution in [3.8, 4) is 11.8 Å². The summed E-state index contributed by atoms with van der Waals surface area (Å²) in [6.07, 6.45) is 8.81. The van der Waals surface area contributed by atoms with Crippen molar-refractivity contribution in [2.45, 2.75) is 40.2 Å². The van der Waals surface area contributed by atoms with Crippen LogP contribution < -0.4 is 4.57 Å². The highest BCUT2D eigenvalue weighted by Crippen LogP contribution is 2.19. The van der Waals surface area contributed by atoms with Crippen molar-refractivity contribution in [3.05, 3.63) is 47.5 Å². The van der Waals surface area contributed by atoms with Gasteiger partial charge in [-0.2, -0.15) is 5.26 Å². The number of hydrogen-bond acceptors (Lipinski definition) is 1. The smallest absolute Gasteiger partial charge is 0.243 e. The Balaban J connectivity index is 2.26. The van der Waals surface area contributed by atoms with Crippen LogP contribution >= 0.6 is 0 Å². The molecule has 3 nitrogen and oxygen atoms in total. The molecule has 1 heterocycles. The van der Waals surface area contributed by atoms with E-state index in [1.165, 1.54) is 22.4 Å². The van der Waals surface area contributed by atoms with Gasteiger partial charge in [0.15, 0.2) is 0 Å². The third kappa shape index (κ3) is 3.03. The first-order valence-electron chi connectivity index (χ1n) is 6.57. The van der Waals surface area contributed by atoms with E-state index in [9.17, 15) is 0 Å². The van der Waals surface area contributed by atoms with Crippen LogP contribution in [0.3, 0.4) is 0 Å². The van der Waals surface area contributed by atoms with Gasteiger partial charge >= 0.3 is 0 Å². The summed E-state index contributed by atoms with van der Waals surface area (Å²) in [5.41, 5.74) is 5.00. The van der Waals surface area contributed by atoms with E-state index in [1.54, 1.807) is 0 Å². The van der Waals surface area contributed by atoms with E-state index >= 15 is 0 Å². The molecule has 0 aliphatic heterocycles. The second kappa shape index (κ2) is 5.71.